The van der Waals surface area contributed by atoms with Gasteiger partial charge in [-0.05, 0) is 11.5 Å². The normalized spacial score (nSPS) is 11.9. The molecule has 0 aliphatic heterocycles. The lowest BCUT2D eigenvalue weighted by molar-refractivity contribution is 0.762. The minimum absolute atomic E-state index is 0.453. The topological polar surface area (TPSA) is 0 Å². The van der Waals surface area contributed by atoms with E-state index in [1.807, 2.05) is 0 Å². The fourth-order valence-corrected chi connectivity index (χ4v) is 0.884. The molecule has 0 amide bonds. The first-order valence-corrected chi connectivity index (χ1v) is 4.16. The Labute approximate surface area is 55.4 Å². The Kier molecular flexibility index (Phi) is 2.48. The van der Waals surface area contributed by atoms with Gasteiger partial charge in [0.05, 0.1) is 0 Å². The summed E-state index contributed by atoms with van der Waals surface area (Å²) in [7, 11) is 1.22. The van der Waals surface area contributed by atoms with Crippen molar-refractivity contribution < 1.29 is 0 Å². The highest BCUT2D eigenvalue weighted by atomic mass is 28.1. The molecule has 48 valence electrons. The summed E-state index contributed by atoms with van der Waals surface area (Å²) < 4.78 is 0. The van der Waals surface area contributed by atoms with Gasteiger partial charge in [0.25, 0.3) is 0 Å². The molecule has 0 aromatic carbocycles. The van der Waals surface area contributed by atoms with E-state index < -0.39 is 0 Å². The predicted molar refractivity (Wildman–Crippen MR) is 43.4 cm³/mol. The minimum Gasteiger partial charge on any atom is -0.0997 e. The van der Waals surface area contributed by atoms with Crippen LogP contribution in [0.4, 0.5) is 0 Å². The predicted octanol–water partition coefficient (Wildman–Crippen LogP) is 1.52. The van der Waals surface area contributed by atoms with Gasteiger partial charge in [0.2, 0.25) is 0 Å². The highest BCUT2D eigenvalue weighted by Gasteiger charge is 2.11. The van der Waals surface area contributed by atoms with Gasteiger partial charge in [-0.25, -0.2) is 0 Å². The van der Waals surface area contributed by atoms with E-state index in [4.69, 9.17) is 0 Å². The van der Waals surface area contributed by atoms with E-state index in [0.717, 1.165) is 6.42 Å². The Hall–Kier alpha value is -0.0431. The van der Waals surface area contributed by atoms with Gasteiger partial charge < -0.3 is 0 Å². The van der Waals surface area contributed by atoms with Crippen LogP contribution in [0.2, 0.25) is 5.04 Å². The van der Waals surface area contributed by atoms with Crippen LogP contribution in [0.25, 0.3) is 0 Å². The highest BCUT2D eigenvalue weighted by molar-refractivity contribution is 6.16. The smallest absolute Gasteiger partial charge is 0.0150 e. The van der Waals surface area contributed by atoms with Gasteiger partial charge in [-0.1, -0.05) is 32.9 Å². The fraction of sp³-hybridized carbons (Fsp3) is 0.714. The van der Waals surface area contributed by atoms with Crippen molar-refractivity contribution in [3.05, 3.63) is 12.2 Å². The van der Waals surface area contributed by atoms with Crippen molar-refractivity contribution in [1.29, 1.82) is 0 Å². The Balaban J connectivity index is 3.82. The van der Waals surface area contributed by atoms with E-state index in [1.165, 1.54) is 15.8 Å². The van der Waals surface area contributed by atoms with E-state index in [9.17, 15) is 0 Å². The summed E-state index contributed by atoms with van der Waals surface area (Å²) in [5.74, 6) is 0. The van der Waals surface area contributed by atoms with E-state index in [1.54, 1.807) is 0 Å². The van der Waals surface area contributed by atoms with Gasteiger partial charge in [-0.15, -0.1) is 0 Å². The van der Waals surface area contributed by atoms with Gasteiger partial charge in [0, 0.05) is 10.2 Å². The van der Waals surface area contributed by atoms with E-state index in [0.29, 0.717) is 5.04 Å². The second kappa shape index (κ2) is 2.49. The van der Waals surface area contributed by atoms with Crippen molar-refractivity contribution in [2.75, 3.05) is 0 Å². The zero-order chi connectivity index (χ0) is 6.78. The molecular formula is C7H16Si. The van der Waals surface area contributed by atoms with Gasteiger partial charge in [-0.2, -0.15) is 0 Å². The third-order valence-corrected chi connectivity index (χ3v) is 2.19. The maximum Gasteiger partial charge on any atom is 0.0150 e. The van der Waals surface area contributed by atoms with Crippen molar-refractivity contribution in [2.45, 2.75) is 32.2 Å². The molecular weight excluding hydrogens is 112 g/mol. The van der Waals surface area contributed by atoms with Crippen LogP contribution in [-0.4, -0.2) is 10.2 Å². The van der Waals surface area contributed by atoms with Crippen LogP contribution in [0.3, 0.4) is 0 Å². The first kappa shape index (κ1) is 7.96. The molecule has 0 saturated carbocycles. The number of allylic oxidation sites excluding steroid dienone is 1. The molecule has 0 atom stereocenters. The molecule has 0 radical (unpaired) electrons. The Morgan fingerprint density at radius 1 is 1.62 bits per heavy atom. The molecule has 0 nitrogen and oxygen atoms in total. The summed E-state index contributed by atoms with van der Waals surface area (Å²) in [6.45, 7) is 10.7. The first-order valence-electron chi connectivity index (χ1n) is 3.16. The van der Waals surface area contributed by atoms with Crippen LogP contribution in [-0.2, 0) is 0 Å². The molecule has 8 heavy (non-hydrogen) atoms. The van der Waals surface area contributed by atoms with Gasteiger partial charge in [0.1, 0.15) is 0 Å². The molecule has 0 spiro atoms. The van der Waals surface area contributed by atoms with Gasteiger partial charge >= 0.3 is 0 Å². The SMILES string of the molecule is C=C(CC)C(C)(C)[SiH3]. The Morgan fingerprint density at radius 3 is 2.00 bits per heavy atom. The third kappa shape index (κ3) is 2.31. The van der Waals surface area contributed by atoms with Crippen molar-refractivity contribution in [1.82, 2.24) is 0 Å². The van der Waals surface area contributed by atoms with E-state index >= 15 is 0 Å². The lowest BCUT2D eigenvalue weighted by atomic mass is 10.0. The Bertz CT molecular complexity index is 87.1. The lowest BCUT2D eigenvalue weighted by Gasteiger charge is -2.19. The molecule has 0 bridgehead atoms. The summed E-state index contributed by atoms with van der Waals surface area (Å²) in [6, 6.07) is 0. The molecule has 0 aliphatic rings. The van der Waals surface area contributed by atoms with Crippen molar-refractivity contribution in [3.8, 4) is 0 Å². The molecule has 0 aromatic heterocycles. The molecule has 0 aromatic rings. The quantitative estimate of drug-likeness (QED) is 0.391. The molecule has 0 saturated heterocycles. The average molecular weight is 128 g/mol. The third-order valence-electron chi connectivity index (χ3n) is 1.49. The minimum atomic E-state index is 0.453. The number of rotatable bonds is 2. The van der Waals surface area contributed by atoms with Crippen LogP contribution in [0.1, 0.15) is 27.2 Å². The standard InChI is InChI=1S/C7H16Si/c1-5-6(2)7(3,4)8/h2,5H2,1,3-4,8H3. The average Bonchev–Trinajstić information content (AvgIpc) is 1.62. The summed E-state index contributed by atoms with van der Waals surface area (Å²) in [5, 5.41) is 0.453. The molecule has 0 aliphatic carbocycles. The van der Waals surface area contributed by atoms with Crippen molar-refractivity contribution in [2.24, 2.45) is 0 Å². The second-order valence-corrected chi connectivity index (χ2v) is 5.71. The number of hydrogen-bond donors (Lipinski definition) is 0. The fourth-order valence-electron chi connectivity index (χ4n) is 0.530. The van der Waals surface area contributed by atoms with Crippen molar-refractivity contribution >= 4 is 10.2 Å². The second-order valence-electron chi connectivity index (χ2n) is 3.21. The first-order chi connectivity index (χ1) is 3.48. The molecule has 0 rings (SSSR count). The molecule has 0 heterocycles. The summed E-state index contributed by atoms with van der Waals surface area (Å²) in [4.78, 5) is 0. The number of hydrogen-bond acceptors (Lipinski definition) is 0. The van der Waals surface area contributed by atoms with E-state index in [-0.39, 0.29) is 0 Å². The summed E-state index contributed by atoms with van der Waals surface area (Å²) in [5.41, 5.74) is 1.39. The zero-order valence-corrected chi connectivity index (χ0v) is 8.41. The van der Waals surface area contributed by atoms with Crippen LogP contribution in [0.15, 0.2) is 12.2 Å². The molecule has 0 N–H and O–H groups in total. The van der Waals surface area contributed by atoms with E-state index in [2.05, 4.69) is 27.4 Å². The molecule has 1 heteroatoms. The Morgan fingerprint density at radius 2 is 2.00 bits per heavy atom. The highest BCUT2D eigenvalue weighted by Crippen LogP contribution is 2.29. The van der Waals surface area contributed by atoms with Gasteiger partial charge in [0.15, 0.2) is 0 Å². The molecule has 0 fully saturated rings. The van der Waals surface area contributed by atoms with Crippen LogP contribution in [0, 0.1) is 0 Å². The van der Waals surface area contributed by atoms with Crippen LogP contribution >= 0.6 is 0 Å². The van der Waals surface area contributed by atoms with Gasteiger partial charge in [-0.3, -0.25) is 0 Å². The maximum atomic E-state index is 3.98. The zero-order valence-electron chi connectivity index (χ0n) is 6.41. The molecule has 0 unspecified atom stereocenters. The maximum absolute atomic E-state index is 3.98. The largest absolute Gasteiger partial charge is 0.0997 e. The van der Waals surface area contributed by atoms with Crippen molar-refractivity contribution in [3.63, 3.8) is 0 Å². The van der Waals surface area contributed by atoms with Crippen LogP contribution in [0.5, 0.6) is 0 Å². The van der Waals surface area contributed by atoms with Crippen LogP contribution < -0.4 is 0 Å². The monoisotopic (exact) mass is 128 g/mol. The summed E-state index contributed by atoms with van der Waals surface area (Å²) in [6.07, 6.45) is 1.14. The summed E-state index contributed by atoms with van der Waals surface area (Å²) >= 11 is 0. The lowest BCUT2D eigenvalue weighted by Crippen LogP contribution is -2.03.